The molecule has 30 heavy (non-hydrogen) atoms. The second-order valence-corrected chi connectivity index (χ2v) is 8.55. The molecule has 1 aromatic heterocycles. The average Bonchev–Trinajstić information content (AvgIpc) is 2.97. The van der Waals surface area contributed by atoms with E-state index >= 15 is 0 Å². The Bertz CT molecular complexity index is 999. The predicted octanol–water partition coefficient (Wildman–Crippen LogP) is 5.52. The Labute approximate surface area is 181 Å². The molecule has 0 spiro atoms. The molecule has 5 nitrogen and oxygen atoms in total. The number of nitrogens with one attached hydrogen (secondary N) is 1. The van der Waals surface area contributed by atoms with Crippen molar-refractivity contribution < 1.29 is 9.53 Å². The van der Waals surface area contributed by atoms with E-state index in [1.807, 2.05) is 54.1 Å². The number of unbranched alkanes of at least 4 members (excludes halogenated alkanes) is 2. The van der Waals surface area contributed by atoms with Gasteiger partial charge in [0.15, 0.2) is 0 Å². The number of thioether (sulfide) groups is 1. The van der Waals surface area contributed by atoms with Crippen LogP contribution in [-0.4, -0.2) is 28.0 Å². The van der Waals surface area contributed by atoms with E-state index in [-0.39, 0.29) is 11.2 Å². The third-order valence-corrected chi connectivity index (χ3v) is 6.48. The van der Waals surface area contributed by atoms with Crippen LogP contribution in [0.3, 0.4) is 0 Å². The van der Waals surface area contributed by atoms with Gasteiger partial charge in [0.2, 0.25) is 5.91 Å². The van der Waals surface area contributed by atoms with E-state index in [0.717, 1.165) is 47.1 Å². The van der Waals surface area contributed by atoms with Gasteiger partial charge in [0.05, 0.1) is 29.0 Å². The van der Waals surface area contributed by atoms with Crippen LogP contribution < -0.4 is 10.1 Å². The smallest absolute Gasteiger partial charge is 0.235 e. The third kappa shape index (κ3) is 4.38. The number of benzene rings is 2. The van der Waals surface area contributed by atoms with Gasteiger partial charge in [-0.2, -0.15) is 5.10 Å². The number of hydrogen-bond acceptors (Lipinski definition) is 4. The fraction of sp³-hybridized carbons (Fsp3) is 0.333. The second kappa shape index (κ2) is 9.39. The molecule has 4 rings (SSSR count). The molecule has 2 heterocycles. The highest BCUT2D eigenvalue weighted by atomic mass is 32.2. The van der Waals surface area contributed by atoms with Crippen molar-refractivity contribution in [2.75, 3.05) is 17.7 Å². The molecular weight excluding hydrogens is 394 g/mol. The Morgan fingerprint density at radius 2 is 1.90 bits per heavy atom. The first kappa shape index (κ1) is 20.5. The van der Waals surface area contributed by atoms with Crippen molar-refractivity contribution in [2.45, 2.75) is 38.4 Å². The minimum atomic E-state index is -0.00305. The summed E-state index contributed by atoms with van der Waals surface area (Å²) >= 11 is 1.63. The number of rotatable bonds is 7. The highest BCUT2D eigenvalue weighted by Gasteiger charge is 2.30. The molecule has 1 N–H and O–H groups in total. The number of anilines is 1. The predicted molar refractivity (Wildman–Crippen MR) is 123 cm³/mol. The molecular formula is C24H27N3O2S. The number of carbonyl (C=O) groups excluding carboxylic acids is 1. The summed E-state index contributed by atoms with van der Waals surface area (Å²) in [6.45, 7) is 4.94. The van der Waals surface area contributed by atoms with E-state index in [0.29, 0.717) is 5.75 Å². The molecule has 6 heteroatoms. The van der Waals surface area contributed by atoms with E-state index in [1.165, 1.54) is 12.8 Å². The van der Waals surface area contributed by atoms with Gasteiger partial charge in [-0.25, -0.2) is 4.68 Å². The maximum absolute atomic E-state index is 12.4. The van der Waals surface area contributed by atoms with Crippen LogP contribution in [0.5, 0.6) is 5.75 Å². The van der Waals surface area contributed by atoms with Crippen molar-refractivity contribution >= 4 is 23.5 Å². The molecule has 156 valence electrons. The number of hydrogen-bond donors (Lipinski definition) is 1. The Morgan fingerprint density at radius 1 is 1.13 bits per heavy atom. The van der Waals surface area contributed by atoms with Crippen LogP contribution in [0.4, 0.5) is 5.82 Å². The van der Waals surface area contributed by atoms with E-state index in [4.69, 9.17) is 9.84 Å². The summed E-state index contributed by atoms with van der Waals surface area (Å²) in [4.78, 5) is 12.4. The van der Waals surface area contributed by atoms with E-state index in [9.17, 15) is 4.79 Å². The summed E-state index contributed by atoms with van der Waals surface area (Å²) in [6, 6.07) is 18.2. The van der Waals surface area contributed by atoms with E-state index in [1.54, 1.807) is 11.8 Å². The standard InChI is InChI=1S/C24H27N3O2S/c1-3-4-8-15-29-20-13-11-18(12-14-20)23-22-17(2)26-27(19-9-6-5-7-10-19)24(22)25-21(28)16-30-23/h5-7,9-14,23H,3-4,8,15-16H2,1-2H3,(H,25,28)/t23-/m0/s1. The molecule has 0 fully saturated rings. The molecule has 0 bridgehead atoms. The summed E-state index contributed by atoms with van der Waals surface area (Å²) in [7, 11) is 0. The summed E-state index contributed by atoms with van der Waals surface area (Å²) in [6.07, 6.45) is 3.45. The average molecular weight is 422 g/mol. The summed E-state index contributed by atoms with van der Waals surface area (Å²) in [5.74, 6) is 2.05. The van der Waals surface area contributed by atoms with Gasteiger partial charge < -0.3 is 10.1 Å². The zero-order valence-corrected chi connectivity index (χ0v) is 18.2. The number of nitrogens with zero attached hydrogens (tertiary/aromatic N) is 2. The zero-order valence-electron chi connectivity index (χ0n) is 17.4. The fourth-order valence-electron chi connectivity index (χ4n) is 3.68. The van der Waals surface area contributed by atoms with Crippen molar-refractivity contribution in [1.29, 1.82) is 0 Å². The Kier molecular flexibility index (Phi) is 6.43. The third-order valence-electron chi connectivity index (χ3n) is 5.21. The van der Waals surface area contributed by atoms with Crippen LogP contribution >= 0.6 is 11.8 Å². The van der Waals surface area contributed by atoms with Gasteiger partial charge in [-0.3, -0.25) is 4.79 Å². The highest BCUT2D eigenvalue weighted by Crippen LogP contribution is 2.44. The maximum Gasteiger partial charge on any atom is 0.235 e. The van der Waals surface area contributed by atoms with Crippen LogP contribution in [0.1, 0.15) is 48.3 Å². The van der Waals surface area contributed by atoms with Crippen LogP contribution in [0.25, 0.3) is 5.69 Å². The van der Waals surface area contributed by atoms with Gasteiger partial charge in [0, 0.05) is 5.56 Å². The van der Waals surface area contributed by atoms with Gasteiger partial charge in [0.1, 0.15) is 11.6 Å². The summed E-state index contributed by atoms with van der Waals surface area (Å²) < 4.78 is 7.70. The largest absolute Gasteiger partial charge is 0.494 e. The molecule has 1 amide bonds. The highest BCUT2D eigenvalue weighted by molar-refractivity contribution is 8.00. The minimum absolute atomic E-state index is 0.00305. The normalized spacial score (nSPS) is 15.9. The molecule has 0 radical (unpaired) electrons. The molecule has 1 aliphatic heterocycles. The van der Waals surface area contributed by atoms with Crippen LogP contribution in [0.2, 0.25) is 0 Å². The lowest BCUT2D eigenvalue weighted by Crippen LogP contribution is -2.15. The van der Waals surface area contributed by atoms with Crippen molar-refractivity contribution in [2.24, 2.45) is 0 Å². The number of amides is 1. The number of carbonyl (C=O) groups is 1. The van der Waals surface area contributed by atoms with E-state index < -0.39 is 0 Å². The van der Waals surface area contributed by atoms with Gasteiger partial charge in [-0.15, -0.1) is 11.8 Å². The topological polar surface area (TPSA) is 56.1 Å². The molecule has 2 aromatic carbocycles. The monoisotopic (exact) mass is 421 g/mol. The van der Waals surface area contributed by atoms with Gasteiger partial charge in [-0.05, 0) is 43.2 Å². The first-order valence-electron chi connectivity index (χ1n) is 10.5. The summed E-state index contributed by atoms with van der Waals surface area (Å²) in [5.41, 5.74) is 4.07. The molecule has 0 saturated heterocycles. The quantitative estimate of drug-likeness (QED) is 0.510. The lowest BCUT2D eigenvalue weighted by molar-refractivity contribution is -0.113. The number of para-hydroxylation sites is 1. The van der Waals surface area contributed by atoms with Gasteiger partial charge in [-0.1, -0.05) is 50.1 Å². The molecule has 0 aliphatic carbocycles. The van der Waals surface area contributed by atoms with Crippen LogP contribution in [0, 0.1) is 6.92 Å². The molecule has 0 saturated carbocycles. The lowest BCUT2D eigenvalue weighted by atomic mass is 10.0. The number of aryl methyl sites for hydroxylation is 1. The van der Waals surface area contributed by atoms with Crippen molar-refractivity contribution in [1.82, 2.24) is 9.78 Å². The summed E-state index contributed by atoms with van der Waals surface area (Å²) in [5, 5.41) is 7.86. The first-order valence-corrected chi connectivity index (χ1v) is 11.5. The first-order chi connectivity index (χ1) is 14.7. The number of fused-ring (bicyclic) bond motifs is 1. The second-order valence-electron chi connectivity index (χ2n) is 7.46. The Balaban J connectivity index is 1.64. The minimum Gasteiger partial charge on any atom is -0.494 e. The van der Waals surface area contributed by atoms with Crippen molar-refractivity contribution in [3.05, 3.63) is 71.4 Å². The van der Waals surface area contributed by atoms with Gasteiger partial charge in [0.25, 0.3) is 0 Å². The Morgan fingerprint density at radius 3 is 2.63 bits per heavy atom. The Hall–Kier alpha value is -2.73. The number of aromatic nitrogens is 2. The lowest BCUT2D eigenvalue weighted by Gasteiger charge is -2.16. The van der Waals surface area contributed by atoms with E-state index in [2.05, 4.69) is 24.4 Å². The zero-order chi connectivity index (χ0) is 20.9. The molecule has 1 aliphatic rings. The van der Waals surface area contributed by atoms with Crippen molar-refractivity contribution in [3.8, 4) is 11.4 Å². The van der Waals surface area contributed by atoms with Crippen molar-refractivity contribution in [3.63, 3.8) is 0 Å². The van der Waals surface area contributed by atoms with Crippen LogP contribution in [0.15, 0.2) is 54.6 Å². The molecule has 3 aromatic rings. The molecule has 1 atom stereocenters. The van der Waals surface area contributed by atoms with Gasteiger partial charge >= 0.3 is 0 Å². The number of ether oxygens (including phenoxy) is 1. The molecule has 0 unspecified atom stereocenters. The fourth-order valence-corrected chi connectivity index (χ4v) is 4.87. The SMILES string of the molecule is CCCCCOc1ccc([C@@H]2SCC(=O)Nc3c2c(C)nn3-c2ccccc2)cc1. The maximum atomic E-state index is 12.4. The van der Waals surface area contributed by atoms with Crippen LogP contribution in [-0.2, 0) is 4.79 Å².